The second kappa shape index (κ2) is 8.51. The molecule has 0 aliphatic rings. The van der Waals surface area contributed by atoms with Gasteiger partial charge in [0.2, 0.25) is 0 Å². The summed E-state index contributed by atoms with van der Waals surface area (Å²) < 4.78 is 33.7. The zero-order chi connectivity index (χ0) is 18.5. The van der Waals surface area contributed by atoms with E-state index in [0.29, 0.717) is 23.9 Å². The molecule has 0 fully saturated rings. The van der Waals surface area contributed by atoms with Crippen LogP contribution < -0.4 is 4.74 Å². The third kappa shape index (κ3) is 4.53. The zero-order valence-corrected chi connectivity index (χ0v) is 15.5. The van der Waals surface area contributed by atoms with E-state index in [1.807, 2.05) is 11.5 Å². The van der Waals surface area contributed by atoms with Gasteiger partial charge in [0.1, 0.15) is 24.0 Å². The lowest BCUT2D eigenvalue weighted by molar-refractivity contribution is 0.288. The first-order valence-corrected chi connectivity index (χ1v) is 9.30. The standard InChI is InChI=1S/C18H16ClF2N3OS/c1-2-24-17(10-25-14-7-8-16(21)15(19)9-14)22-23-18(24)26-11-12-3-5-13(20)6-4-12/h3-9H,2,10-11H2,1H3. The van der Waals surface area contributed by atoms with Gasteiger partial charge in [-0.2, -0.15) is 0 Å². The van der Waals surface area contributed by atoms with Gasteiger partial charge in [-0.3, -0.25) is 0 Å². The molecule has 136 valence electrons. The van der Waals surface area contributed by atoms with Gasteiger partial charge in [-0.1, -0.05) is 35.5 Å². The van der Waals surface area contributed by atoms with E-state index in [1.54, 1.807) is 12.1 Å². The zero-order valence-electron chi connectivity index (χ0n) is 14.0. The minimum Gasteiger partial charge on any atom is -0.486 e. The first kappa shape index (κ1) is 18.7. The van der Waals surface area contributed by atoms with Crippen LogP contribution in [0.15, 0.2) is 47.6 Å². The molecule has 0 saturated heterocycles. The van der Waals surface area contributed by atoms with Crippen molar-refractivity contribution in [3.63, 3.8) is 0 Å². The number of benzene rings is 2. The maximum atomic E-state index is 13.2. The number of aromatic nitrogens is 3. The van der Waals surface area contributed by atoms with Crippen LogP contribution in [0.25, 0.3) is 0 Å². The maximum absolute atomic E-state index is 13.2. The minimum atomic E-state index is -0.491. The molecule has 3 rings (SSSR count). The summed E-state index contributed by atoms with van der Waals surface area (Å²) in [5.74, 6) is 1.04. The summed E-state index contributed by atoms with van der Waals surface area (Å²) in [7, 11) is 0. The molecule has 26 heavy (non-hydrogen) atoms. The van der Waals surface area contributed by atoms with E-state index >= 15 is 0 Å². The molecular formula is C18H16ClF2N3OS. The van der Waals surface area contributed by atoms with Crippen LogP contribution in [0.3, 0.4) is 0 Å². The molecule has 0 amide bonds. The second-order valence-corrected chi connectivity index (χ2v) is 6.77. The Labute approximate surface area is 159 Å². The van der Waals surface area contributed by atoms with Crippen LogP contribution in [0, 0.1) is 11.6 Å². The second-order valence-electron chi connectivity index (χ2n) is 5.42. The lowest BCUT2D eigenvalue weighted by atomic mass is 10.2. The van der Waals surface area contributed by atoms with Crippen molar-refractivity contribution in [3.05, 3.63) is 70.5 Å². The summed E-state index contributed by atoms with van der Waals surface area (Å²) in [5, 5.41) is 9.13. The molecule has 0 saturated carbocycles. The van der Waals surface area contributed by atoms with E-state index in [9.17, 15) is 8.78 Å². The fraction of sp³-hybridized carbons (Fsp3) is 0.222. The van der Waals surface area contributed by atoms with E-state index in [1.165, 1.54) is 42.1 Å². The quantitative estimate of drug-likeness (QED) is 0.522. The summed E-state index contributed by atoms with van der Waals surface area (Å²) in [6, 6.07) is 10.6. The van der Waals surface area contributed by atoms with Crippen molar-refractivity contribution in [1.82, 2.24) is 14.8 Å². The number of rotatable bonds is 7. The topological polar surface area (TPSA) is 39.9 Å². The molecule has 0 N–H and O–H groups in total. The van der Waals surface area contributed by atoms with Crippen LogP contribution >= 0.6 is 23.4 Å². The van der Waals surface area contributed by atoms with Crippen molar-refractivity contribution >= 4 is 23.4 Å². The smallest absolute Gasteiger partial charge is 0.191 e. The van der Waals surface area contributed by atoms with Crippen LogP contribution in [-0.4, -0.2) is 14.8 Å². The Morgan fingerprint density at radius 2 is 1.88 bits per heavy atom. The molecule has 0 unspecified atom stereocenters. The predicted molar refractivity (Wildman–Crippen MR) is 97.4 cm³/mol. The van der Waals surface area contributed by atoms with Gasteiger partial charge < -0.3 is 9.30 Å². The van der Waals surface area contributed by atoms with Gasteiger partial charge in [0, 0.05) is 18.4 Å². The van der Waals surface area contributed by atoms with E-state index in [2.05, 4.69) is 10.2 Å². The molecular weight excluding hydrogens is 380 g/mol. The molecule has 2 aromatic carbocycles. The van der Waals surface area contributed by atoms with Crippen molar-refractivity contribution in [2.75, 3.05) is 0 Å². The van der Waals surface area contributed by atoms with Gasteiger partial charge in [0.05, 0.1) is 5.02 Å². The lowest BCUT2D eigenvalue weighted by Gasteiger charge is -2.09. The SMILES string of the molecule is CCn1c(COc2ccc(F)c(Cl)c2)nnc1SCc1ccc(F)cc1. The van der Waals surface area contributed by atoms with E-state index in [4.69, 9.17) is 16.3 Å². The number of ether oxygens (including phenoxy) is 1. The van der Waals surface area contributed by atoms with Gasteiger partial charge in [-0.05, 0) is 36.8 Å². The van der Waals surface area contributed by atoms with Gasteiger partial charge in [0.15, 0.2) is 11.0 Å². The highest BCUT2D eigenvalue weighted by atomic mass is 35.5. The van der Waals surface area contributed by atoms with E-state index in [-0.39, 0.29) is 17.4 Å². The summed E-state index contributed by atoms with van der Waals surface area (Å²) in [6.07, 6.45) is 0. The highest BCUT2D eigenvalue weighted by molar-refractivity contribution is 7.98. The normalized spacial score (nSPS) is 10.9. The number of hydrogen-bond acceptors (Lipinski definition) is 4. The van der Waals surface area contributed by atoms with E-state index in [0.717, 1.165) is 10.7 Å². The van der Waals surface area contributed by atoms with Crippen LogP contribution in [0.5, 0.6) is 5.75 Å². The number of nitrogens with zero attached hydrogens (tertiary/aromatic N) is 3. The Morgan fingerprint density at radius 1 is 1.12 bits per heavy atom. The van der Waals surface area contributed by atoms with Crippen molar-refractivity contribution in [2.45, 2.75) is 31.0 Å². The molecule has 8 heteroatoms. The van der Waals surface area contributed by atoms with Crippen molar-refractivity contribution < 1.29 is 13.5 Å². The maximum Gasteiger partial charge on any atom is 0.191 e. The fourth-order valence-corrected chi connectivity index (χ4v) is 3.44. The molecule has 0 spiro atoms. The van der Waals surface area contributed by atoms with Crippen molar-refractivity contribution in [2.24, 2.45) is 0 Å². The molecule has 3 aromatic rings. The summed E-state index contributed by atoms with van der Waals surface area (Å²) in [4.78, 5) is 0. The van der Waals surface area contributed by atoms with Gasteiger partial charge in [-0.15, -0.1) is 10.2 Å². The molecule has 0 aliphatic heterocycles. The third-order valence-electron chi connectivity index (χ3n) is 3.65. The lowest BCUT2D eigenvalue weighted by Crippen LogP contribution is -2.07. The predicted octanol–water partition coefficient (Wildman–Crippen LogP) is 5.10. The van der Waals surface area contributed by atoms with E-state index < -0.39 is 5.82 Å². The molecule has 0 bridgehead atoms. The average molecular weight is 396 g/mol. The molecule has 0 atom stereocenters. The average Bonchev–Trinajstić information content (AvgIpc) is 3.04. The first-order valence-electron chi connectivity index (χ1n) is 7.94. The minimum absolute atomic E-state index is 0.00926. The number of thioether (sulfide) groups is 1. The van der Waals surface area contributed by atoms with Crippen LogP contribution in [0.1, 0.15) is 18.3 Å². The number of halogens is 3. The highest BCUT2D eigenvalue weighted by Crippen LogP contribution is 2.24. The Balaban J connectivity index is 1.65. The Kier molecular flexibility index (Phi) is 6.11. The number of hydrogen-bond donors (Lipinski definition) is 0. The van der Waals surface area contributed by atoms with Crippen LogP contribution in [-0.2, 0) is 18.9 Å². The monoisotopic (exact) mass is 395 g/mol. The van der Waals surface area contributed by atoms with Crippen molar-refractivity contribution in [3.8, 4) is 5.75 Å². The molecule has 1 heterocycles. The summed E-state index contributed by atoms with van der Waals surface area (Å²) >= 11 is 7.27. The highest BCUT2D eigenvalue weighted by Gasteiger charge is 2.12. The van der Waals surface area contributed by atoms with Crippen LogP contribution in [0.4, 0.5) is 8.78 Å². The van der Waals surface area contributed by atoms with Crippen LogP contribution in [0.2, 0.25) is 5.02 Å². The first-order chi connectivity index (χ1) is 12.6. The Bertz CT molecular complexity index is 887. The molecule has 1 aromatic heterocycles. The third-order valence-corrected chi connectivity index (χ3v) is 4.98. The Hall–Kier alpha value is -2.12. The van der Waals surface area contributed by atoms with Crippen molar-refractivity contribution in [1.29, 1.82) is 0 Å². The molecule has 4 nitrogen and oxygen atoms in total. The summed E-state index contributed by atoms with van der Waals surface area (Å²) in [5.41, 5.74) is 1.00. The largest absolute Gasteiger partial charge is 0.486 e. The molecule has 0 aliphatic carbocycles. The van der Waals surface area contributed by atoms with Gasteiger partial charge in [-0.25, -0.2) is 8.78 Å². The molecule has 0 radical (unpaired) electrons. The summed E-state index contributed by atoms with van der Waals surface area (Å²) in [6.45, 7) is 2.87. The van der Waals surface area contributed by atoms with Gasteiger partial charge in [0.25, 0.3) is 0 Å². The van der Waals surface area contributed by atoms with Gasteiger partial charge >= 0.3 is 0 Å². The Morgan fingerprint density at radius 3 is 2.58 bits per heavy atom. The fourth-order valence-electron chi connectivity index (χ4n) is 2.29.